The highest BCUT2D eigenvalue weighted by Crippen LogP contribution is 2.08. The molecule has 0 aromatic heterocycles. The van der Waals surface area contributed by atoms with Crippen LogP contribution in [0.15, 0.2) is 0 Å². The summed E-state index contributed by atoms with van der Waals surface area (Å²) in [6.07, 6.45) is 3.71. The van der Waals surface area contributed by atoms with Gasteiger partial charge in [-0.2, -0.15) is 0 Å². The van der Waals surface area contributed by atoms with E-state index >= 15 is 0 Å². The Kier molecular flexibility index (Phi) is 6.47. The quantitative estimate of drug-likeness (QED) is 0.642. The minimum absolute atomic E-state index is 0.0265. The van der Waals surface area contributed by atoms with Crippen molar-refractivity contribution < 1.29 is 9.53 Å². The molecular weight excluding hydrogens is 218 g/mol. The molecular formula is C12H25N3O2. The van der Waals surface area contributed by atoms with Gasteiger partial charge in [0.1, 0.15) is 0 Å². The topological polar surface area (TPSA) is 67.6 Å². The Hall–Kier alpha value is -0.650. The number of hydrogen-bond acceptors (Lipinski definition) is 4. The molecule has 5 heteroatoms. The molecule has 0 aromatic carbocycles. The van der Waals surface area contributed by atoms with Gasteiger partial charge in [0.05, 0.1) is 6.04 Å². The highest BCUT2D eigenvalue weighted by Gasteiger charge is 2.21. The molecule has 0 radical (unpaired) electrons. The molecule has 1 saturated heterocycles. The fraction of sp³-hybridized carbons (Fsp3) is 0.917. The minimum Gasteiger partial charge on any atom is -0.385 e. The first-order valence-corrected chi connectivity index (χ1v) is 6.37. The average molecular weight is 243 g/mol. The number of ether oxygens (including phenoxy) is 1. The van der Waals surface area contributed by atoms with E-state index in [1.54, 1.807) is 7.11 Å². The Morgan fingerprint density at radius 2 is 2.41 bits per heavy atom. The van der Waals surface area contributed by atoms with E-state index in [4.69, 9.17) is 10.5 Å². The molecule has 1 rings (SSSR count). The van der Waals surface area contributed by atoms with Crippen molar-refractivity contribution in [2.24, 2.45) is 5.73 Å². The van der Waals surface area contributed by atoms with E-state index in [1.165, 1.54) is 0 Å². The molecule has 100 valence electrons. The van der Waals surface area contributed by atoms with Gasteiger partial charge in [0.25, 0.3) is 0 Å². The lowest BCUT2D eigenvalue weighted by molar-refractivity contribution is -0.123. The summed E-state index contributed by atoms with van der Waals surface area (Å²) < 4.78 is 4.94. The predicted octanol–water partition coefficient (Wildman–Crippen LogP) is -0.0493. The number of amides is 1. The first-order valence-electron chi connectivity index (χ1n) is 6.37. The Morgan fingerprint density at radius 3 is 3.06 bits per heavy atom. The molecule has 0 aliphatic carbocycles. The third-order valence-corrected chi connectivity index (χ3v) is 3.17. The zero-order chi connectivity index (χ0) is 12.7. The third-order valence-electron chi connectivity index (χ3n) is 3.17. The van der Waals surface area contributed by atoms with Crippen LogP contribution in [0.2, 0.25) is 0 Å². The van der Waals surface area contributed by atoms with Gasteiger partial charge < -0.3 is 20.7 Å². The summed E-state index contributed by atoms with van der Waals surface area (Å²) in [5.74, 6) is -0.0265. The van der Waals surface area contributed by atoms with E-state index in [2.05, 4.69) is 17.3 Å². The van der Waals surface area contributed by atoms with Crippen molar-refractivity contribution in [1.82, 2.24) is 10.2 Å². The maximum absolute atomic E-state index is 11.8. The average Bonchev–Trinajstić information content (AvgIpc) is 2.29. The second-order valence-electron chi connectivity index (χ2n) is 4.85. The molecule has 1 aliphatic rings. The lowest BCUT2D eigenvalue weighted by Crippen LogP contribution is -2.51. The number of carbonyl (C=O) groups excluding carboxylic acids is 1. The number of likely N-dealkylation sites (N-methyl/N-ethyl adjacent to an activating group) is 1. The largest absolute Gasteiger partial charge is 0.385 e. The standard InChI is InChI=1S/C12H25N3O2/c1-15-7-3-5-10(9-15)14-12(16)11(13)6-4-8-17-2/h10-11H,3-9,13H2,1-2H3,(H,14,16). The number of piperidine rings is 1. The lowest BCUT2D eigenvalue weighted by Gasteiger charge is -2.30. The van der Waals surface area contributed by atoms with E-state index in [-0.39, 0.29) is 11.9 Å². The third kappa shape index (κ3) is 5.48. The fourth-order valence-corrected chi connectivity index (χ4v) is 2.17. The van der Waals surface area contributed by atoms with Crippen LogP contribution < -0.4 is 11.1 Å². The molecule has 0 spiro atoms. The summed E-state index contributed by atoms with van der Waals surface area (Å²) in [6, 6.07) is -0.146. The first kappa shape index (κ1) is 14.4. The molecule has 0 aromatic rings. The monoisotopic (exact) mass is 243 g/mol. The first-order chi connectivity index (χ1) is 8.13. The number of rotatable bonds is 6. The van der Waals surface area contributed by atoms with Gasteiger partial charge in [-0.15, -0.1) is 0 Å². The Labute approximate surface area is 104 Å². The molecule has 0 bridgehead atoms. The van der Waals surface area contributed by atoms with E-state index in [9.17, 15) is 4.79 Å². The van der Waals surface area contributed by atoms with Crippen LogP contribution in [0.1, 0.15) is 25.7 Å². The van der Waals surface area contributed by atoms with Crippen LogP contribution in [0.5, 0.6) is 0 Å². The van der Waals surface area contributed by atoms with Crippen molar-refractivity contribution in [1.29, 1.82) is 0 Å². The number of carbonyl (C=O) groups is 1. The van der Waals surface area contributed by atoms with E-state index in [0.717, 1.165) is 32.4 Å². The van der Waals surface area contributed by atoms with Crippen LogP contribution in [-0.2, 0) is 9.53 Å². The fourth-order valence-electron chi connectivity index (χ4n) is 2.17. The molecule has 2 unspecified atom stereocenters. The normalized spacial score (nSPS) is 23.4. The Balaban J connectivity index is 2.22. The SMILES string of the molecule is COCCCC(N)C(=O)NC1CCCN(C)C1. The van der Waals surface area contributed by atoms with Crippen molar-refractivity contribution >= 4 is 5.91 Å². The van der Waals surface area contributed by atoms with Gasteiger partial charge in [-0.3, -0.25) is 4.79 Å². The van der Waals surface area contributed by atoms with Crippen LogP contribution >= 0.6 is 0 Å². The molecule has 2 atom stereocenters. The summed E-state index contributed by atoms with van der Waals surface area (Å²) in [6.45, 7) is 2.70. The molecule has 1 amide bonds. The number of methoxy groups -OCH3 is 1. The van der Waals surface area contributed by atoms with Gasteiger partial charge >= 0.3 is 0 Å². The van der Waals surface area contributed by atoms with Crippen molar-refractivity contribution in [2.45, 2.75) is 37.8 Å². The summed E-state index contributed by atoms with van der Waals surface area (Å²) in [5.41, 5.74) is 5.83. The zero-order valence-corrected chi connectivity index (χ0v) is 10.9. The molecule has 0 saturated carbocycles. The van der Waals surface area contributed by atoms with Gasteiger partial charge in [0.15, 0.2) is 0 Å². The molecule has 1 aliphatic heterocycles. The highest BCUT2D eigenvalue weighted by atomic mass is 16.5. The molecule has 5 nitrogen and oxygen atoms in total. The second kappa shape index (κ2) is 7.63. The van der Waals surface area contributed by atoms with Crippen molar-refractivity contribution in [3.8, 4) is 0 Å². The predicted molar refractivity (Wildman–Crippen MR) is 67.7 cm³/mol. The van der Waals surface area contributed by atoms with Crippen molar-refractivity contribution in [3.05, 3.63) is 0 Å². The smallest absolute Gasteiger partial charge is 0.237 e. The Morgan fingerprint density at radius 1 is 1.65 bits per heavy atom. The minimum atomic E-state index is -0.405. The summed E-state index contributed by atoms with van der Waals surface area (Å²) >= 11 is 0. The van der Waals surface area contributed by atoms with Crippen LogP contribution in [0.3, 0.4) is 0 Å². The van der Waals surface area contributed by atoms with E-state index < -0.39 is 6.04 Å². The summed E-state index contributed by atoms with van der Waals surface area (Å²) in [7, 11) is 3.74. The lowest BCUT2D eigenvalue weighted by atomic mass is 10.1. The maximum Gasteiger partial charge on any atom is 0.237 e. The molecule has 1 fully saturated rings. The van der Waals surface area contributed by atoms with Gasteiger partial charge in [-0.25, -0.2) is 0 Å². The maximum atomic E-state index is 11.8. The van der Waals surface area contributed by atoms with Crippen LogP contribution in [0.25, 0.3) is 0 Å². The van der Waals surface area contributed by atoms with Gasteiger partial charge in [0.2, 0.25) is 5.91 Å². The summed E-state index contributed by atoms with van der Waals surface area (Å²) in [4.78, 5) is 14.1. The number of nitrogens with one attached hydrogen (secondary N) is 1. The molecule has 17 heavy (non-hydrogen) atoms. The van der Waals surface area contributed by atoms with Gasteiger partial charge in [-0.1, -0.05) is 0 Å². The number of hydrogen-bond donors (Lipinski definition) is 2. The zero-order valence-electron chi connectivity index (χ0n) is 10.9. The number of likely N-dealkylation sites (tertiary alicyclic amines) is 1. The van der Waals surface area contributed by atoms with Gasteiger partial charge in [-0.05, 0) is 39.3 Å². The van der Waals surface area contributed by atoms with Gasteiger partial charge in [0, 0.05) is 26.3 Å². The number of nitrogens with zero attached hydrogens (tertiary/aromatic N) is 1. The van der Waals surface area contributed by atoms with Crippen molar-refractivity contribution in [2.75, 3.05) is 33.9 Å². The van der Waals surface area contributed by atoms with Crippen LogP contribution in [-0.4, -0.2) is 56.7 Å². The second-order valence-corrected chi connectivity index (χ2v) is 4.85. The molecule has 3 N–H and O–H groups in total. The van der Waals surface area contributed by atoms with E-state index in [1.807, 2.05) is 0 Å². The summed E-state index contributed by atoms with van der Waals surface area (Å²) in [5, 5.41) is 3.03. The highest BCUT2D eigenvalue weighted by molar-refractivity contribution is 5.81. The van der Waals surface area contributed by atoms with Crippen LogP contribution in [0, 0.1) is 0 Å². The molecule has 1 heterocycles. The van der Waals surface area contributed by atoms with E-state index in [0.29, 0.717) is 13.0 Å². The van der Waals surface area contributed by atoms with Crippen LogP contribution in [0.4, 0.5) is 0 Å². The van der Waals surface area contributed by atoms with Crippen molar-refractivity contribution in [3.63, 3.8) is 0 Å². The number of nitrogens with two attached hydrogens (primary N) is 1. The Bertz CT molecular complexity index is 236.